The number of aryl methyl sites for hydroxylation is 1. The van der Waals surface area contributed by atoms with Gasteiger partial charge in [0.2, 0.25) is 6.33 Å². The fourth-order valence-electron chi connectivity index (χ4n) is 2.39. The van der Waals surface area contributed by atoms with Crippen LogP contribution in [0.5, 0.6) is 0 Å². The number of para-hydroxylation sites is 1. The van der Waals surface area contributed by atoms with E-state index in [1.165, 1.54) is 11.3 Å². The van der Waals surface area contributed by atoms with E-state index in [2.05, 4.69) is 60.6 Å². The Balaban J connectivity index is 0.000000298. The van der Waals surface area contributed by atoms with Gasteiger partial charge in [-0.1, -0.05) is 42.8 Å². The molecule has 0 saturated heterocycles. The topological polar surface area (TPSA) is 21.9 Å². The molecule has 0 aliphatic carbocycles. The molecule has 0 atom stereocenters. The van der Waals surface area contributed by atoms with E-state index in [1.54, 1.807) is 0 Å². The van der Waals surface area contributed by atoms with Crippen molar-refractivity contribution in [1.29, 1.82) is 0 Å². The first-order valence-electron chi connectivity index (χ1n) is 7.64. The standard InChI is InChI=1S/C16H18N3.F6P/c1-12(2)14-8-4-5-9-15(14)19-11-18-13(3)7-6-10-16(18)17-19;1-7(2,3,4,5)6/h4-12H,1-3H3;/q+1;-1. The predicted octanol–water partition coefficient (Wildman–Crippen LogP) is 6.43. The molecule has 0 amide bonds. The number of benzene rings is 1. The van der Waals surface area contributed by atoms with Gasteiger partial charge in [0.15, 0.2) is 0 Å². The van der Waals surface area contributed by atoms with Crippen LogP contribution in [0, 0.1) is 6.92 Å². The van der Waals surface area contributed by atoms with Crippen LogP contribution in [0.15, 0.2) is 48.8 Å². The molecule has 0 saturated carbocycles. The third-order valence-electron chi connectivity index (χ3n) is 3.45. The monoisotopic (exact) mass is 397 g/mol. The number of hydrogen-bond acceptors (Lipinski definition) is 1. The van der Waals surface area contributed by atoms with Crippen LogP contribution >= 0.6 is 7.81 Å². The van der Waals surface area contributed by atoms with Crippen LogP contribution in [0.1, 0.15) is 31.0 Å². The molecular weight excluding hydrogens is 379 g/mol. The molecule has 3 rings (SSSR count). The Bertz CT molecular complexity index is 921. The van der Waals surface area contributed by atoms with E-state index in [9.17, 15) is 25.2 Å². The molecule has 0 N–H and O–H groups in total. The number of fused-ring (bicyclic) bond motifs is 1. The fourth-order valence-corrected chi connectivity index (χ4v) is 2.39. The zero-order chi connectivity index (χ0) is 19.8. The second kappa shape index (κ2) is 5.94. The molecule has 0 radical (unpaired) electrons. The van der Waals surface area contributed by atoms with Crippen molar-refractivity contribution in [3.8, 4) is 5.69 Å². The summed E-state index contributed by atoms with van der Waals surface area (Å²) in [5.74, 6) is 0.481. The number of nitrogens with zero attached hydrogens (tertiary/aromatic N) is 3. The Kier molecular flexibility index (Phi) is 4.61. The Labute approximate surface area is 146 Å². The van der Waals surface area contributed by atoms with Crippen LogP contribution < -0.4 is 4.40 Å². The summed E-state index contributed by atoms with van der Waals surface area (Å²) in [6, 6.07) is 14.6. The Morgan fingerprint density at radius 3 is 2.04 bits per heavy atom. The molecule has 0 unspecified atom stereocenters. The van der Waals surface area contributed by atoms with E-state index >= 15 is 0 Å². The number of aromatic nitrogens is 3. The van der Waals surface area contributed by atoms with Crippen LogP contribution in [0.3, 0.4) is 0 Å². The van der Waals surface area contributed by atoms with Crippen LogP contribution in [0.2, 0.25) is 0 Å². The van der Waals surface area contributed by atoms with Gasteiger partial charge in [-0.05, 0) is 30.5 Å². The van der Waals surface area contributed by atoms with Gasteiger partial charge in [-0.2, -0.15) is 0 Å². The van der Waals surface area contributed by atoms with Crippen molar-refractivity contribution in [3.63, 3.8) is 0 Å². The van der Waals surface area contributed by atoms with Gasteiger partial charge < -0.3 is 0 Å². The number of pyridine rings is 1. The summed E-state index contributed by atoms with van der Waals surface area (Å²) in [7, 11) is -10.7. The summed E-state index contributed by atoms with van der Waals surface area (Å²) < 4.78 is 63.3. The summed E-state index contributed by atoms with van der Waals surface area (Å²) in [5.41, 5.74) is 4.62. The molecular formula is C16H18F6N3P. The van der Waals surface area contributed by atoms with Crippen LogP contribution in [-0.2, 0) is 0 Å². The van der Waals surface area contributed by atoms with E-state index < -0.39 is 7.81 Å². The van der Waals surface area contributed by atoms with Gasteiger partial charge in [0.1, 0.15) is 5.69 Å². The first kappa shape index (κ1) is 20.2. The van der Waals surface area contributed by atoms with E-state index in [1.807, 2.05) is 23.1 Å². The van der Waals surface area contributed by atoms with Crippen molar-refractivity contribution in [2.24, 2.45) is 0 Å². The summed E-state index contributed by atoms with van der Waals surface area (Å²) in [6.07, 6.45) is 2.05. The molecule has 3 nitrogen and oxygen atoms in total. The third-order valence-corrected chi connectivity index (χ3v) is 3.45. The molecule has 26 heavy (non-hydrogen) atoms. The Morgan fingerprint density at radius 1 is 0.923 bits per heavy atom. The summed E-state index contributed by atoms with van der Waals surface area (Å²) in [5, 5.41) is 4.67. The average Bonchev–Trinajstić information content (AvgIpc) is 2.89. The summed E-state index contributed by atoms with van der Waals surface area (Å²) >= 11 is 0. The van der Waals surface area contributed by atoms with Crippen molar-refractivity contribution >= 4 is 13.5 Å². The molecule has 144 valence electrons. The normalized spacial score (nSPS) is 14.5. The van der Waals surface area contributed by atoms with Gasteiger partial charge in [0, 0.05) is 6.07 Å². The second-order valence-corrected chi connectivity index (χ2v) is 8.04. The molecule has 0 aliphatic heterocycles. The Hall–Kier alpha value is -2.15. The van der Waals surface area contributed by atoms with E-state index in [0.29, 0.717) is 5.92 Å². The second-order valence-electron chi connectivity index (χ2n) is 6.13. The van der Waals surface area contributed by atoms with Crippen molar-refractivity contribution in [2.75, 3.05) is 0 Å². The molecule has 3 aromatic rings. The summed E-state index contributed by atoms with van der Waals surface area (Å²) in [6.45, 7) is 6.51. The molecule has 0 fully saturated rings. The van der Waals surface area contributed by atoms with E-state index in [0.717, 1.165) is 11.3 Å². The zero-order valence-electron chi connectivity index (χ0n) is 14.3. The van der Waals surface area contributed by atoms with Gasteiger partial charge in [0.25, 0.3) is 0 Å². The van der Waals surface area contributed by atoms with Crippen molar-refractivity contribution in [2.45, 2.75) is 26.7 Å². The van der Waals surface area contributed by atoms with Crippen LogP contribution in [0.4, 0.5) is 25.2 Å². The first-order chi connectivity index (χ1) is 11.6. The van der Waals surface area contributed by atoms with Gasteiger partial charge in [-0.25, -0.2) is 4.40 Å². The number of hydrogen-bond donors (Lipinski definition) is 0. The third kappa shape index (κ3) is 6.29. The van der Waals surface area contributed by atoms with Gasteiger partial charge >= 0.3 is 38.6 Å². The molecule has 2 heterocycles. The SMILES string of the molecule is Cc1cccc2nn(-c3ccccc3C(C)C)c[n+]12.F[P-](F)(F)(F)(F)F. The molecule has 2 aromatic heterocycles. The van der Waals surface area contributed by atoms with Crippen molar-refractivity contribution < 1.29 is 29.6 Å². The number of rotatable bonds is 2. The minimum absolute atomic E-state index is 0.481. The average molecular weight is 397 g/mol. The molecule has 0 aliphatic rings. The fraction of sp³-hybridized carbons (Fsp3) is 0.250. The molecule has 0 bridgehead atoms. The van der Waals surface area contributed by atoms with E-state index in [4.69, 9.17) is 0 Å². The molecule has 1 aromatic carbocycles. The van der Waals surface area contributed by atoms with Gasteiger partial charge in [-0.3, -0.25) is 0 Å². The first-order valence-corrected chi connectivity index (χ1v) is 9.67. The van der Waals surface area contributed by atoms with E-state index in [-0.39, 0.29) is 0 Å². The van der Waals surface area contributed by atoms with Crippen molar-refractivity contribution in [3.05, 3.63) is 60.0 Å². The zero-order valence-corrected chi connectivity index (χ0v) is 15.1. The predicted molar refractivity (Wildman–Crippen MR) is 89.1 cm³/mol. The molecule has 10 heteroatoms. The van der Waals surface area contributed by atoms with Gasteiger partial charge in [-0.15, -0.1) is 0 Å². The summed E-state index contributed by atoms with van der Waals surface area (Å²) in [4.78, 5) is 0. The van der Waals surface area contributed by atoms with Gasteiger partial charge in [0.05, 0.1) is 10.8 Å². The quantitative estimate of drug-likeness (QED) is 0.278. The maximum atomic E-state index is 9.87. The van der Waals surface area contributed by atoms with Crippen molar-refractivity contribution in [1.82, 2.24) is 9.78 Å². The maximum absolute atomic E-state index is 10.7. The minimum atomic E-state index is -10.7. The van der Waals surface area contributed by atoms with Crippen LogP contribution in [-0.4, -0.2) is 9.78 Å². The molecule has 0 spiro atoms. The Morgan fingerprint density at radius 2 is 1.50 bits per heavy atom. The van der Waals surface area contributed by atoms with Crippen LogP contribution in [0.25, 0.3) is 11.3 Å². The number of halogens is 6.